The molecule has 1 heterocycles. The Bertz CT molecular complexity index is 842. The number of carbonyl (C=O) groups excluding carboxylic acids is 2. The number of nitrogens with zero attached hydrogens (tertiary/aromatic N) is 1. The average Bonchev–Trinajstić information content (AvgIpc) is 2.61. The third-order valence-electron chi connectivity index (χ3n) is 2.98. The molecule has 2 aromatic rings. The van der Waals surface area contributed by atoms with E-state index in [1.165, 1.54) is 11.5 Å². The molecule has 0 saturated carbocycles. The standard InChI is InChI=1S/C12H12ClN3O4S/c1-7-11(21(13,19)20)8-4-2-3-5-9(8)16(7)6-10(17)15-12(14)18/h2-5H,6H2,1H3,(H3,14,15,17,18). The molecule has 0 aliphatic carbocycles. The van der Waals surface area contributed by atoms with Crippen molar-refractivity contribution in [3.8, 4) is 0 Å². The lowest BCUT2D eigenvalue weighted by Crippen LogP contribution is -2.37. The smallest absolute Gasteiger partial charge is 0.318 e. The Balaban J connectivity index is 2.62. The van der Waals surface area contributed by atoms with Crippen LogP contribution in [0.4, 0.5) is 4.79 Å². The zero-order chi connectivity index (χ0) is 15.8. The van der Waals surface area contributed by atoms with E-state index in [4.69, 9.17) is 16.4 Å². The topological polar surface area (TPSA) is 111 Å². The second-order valence-electron chi connectivity index (χ2n) is 4.37. The van der Waals surface area contributed by atoms with Gasteiger partial charge in [-0.15, -0.1) is 0 Å². The number of hydrogen-bond acceptors (Lipinski definition) is 4. The Morgan fingerprint density at radius 2 is 1.95 bits per heavy atom. The summed E-state index contributed by atoms with van der Waals surface area (Å²) >= 11 is 0. The van der Waals surface area contributed by atoms with Crippen LogP contribution in [0.25, 0.3) is 10.9 Å². The number of benzene rings is 1. The molecule has 3 amide bonds. The monoisotopic (exact) mass is 329 g/mol. The maximum absolute atomic E-state index is 11.7. The fraction of sp³-hybridized carbons (Fsp3) is 0.167. The van der Waals surface area contributed by atoms with Gasteiger partial charge in [0, 0.05) is 21.8 Å². The number of halogens is 1. The molecular formula is C12H12ClN3O4S. The van der Waals surface area contributed by atoms with Crippen LogP contribution >= 0.6 is 10.7 Å². The highest BCUT2D eigenvalue weighted by molar-refractivity contribution is 8.14. The van der Waals surface area contributed by atoms with Crippen molar-refractivity contribution in [2.24, 2.45) is 5.73 Å². The van der Waals surface area contributed by atoms with Gasteiger partial charge in [0.15, 0.2) is 0 Å². The molecule has 0 unspecified atom stereocenters. The number of urea groups is 1. The number of para-hydroxylation sites is 1. The minimum Gasteiger partial charge on any atom is -0.351 e. The lowest BCUT2D eigenvalue weighted by Gasteiger charge is -2.07. The van der Waals surface area contributed by atoms with E-state index in [0.29, 0.717) is 16.6 Å². The first-order valence-electron chi connectivity index (χ1n) is 5.83. The Morgan fingerprint density at radius 3 is 2.52 bits per heavy atom. The van der Waals surface area contributed by atoms with E-state index in [0.717, 1.165) is 0 Å². The number of hydrogen-bond donors (Lipinski definition) is 2. The van der Waals surface area contributed by atoms with Crippen molar-refractivity contribution in [2.75, 3.05) is 0 Å². The molecule has 3 N–H and O–H groups in total. The van der Waals surface area contributed by atoms with Gasteiger partial charge < -0.3 is 10.3 Å². The summed E-state index contributed by atoms with van der Waals surface area (Å²) in [6.45, 7) is 1.29. The van der Waals surface area contributed by atoms with Gasteiger partial charge in [0.05, 0.1) is 5.52 Å². The van der Waals surface area contributed by atoms with Gasteiger partial charge in [-0.25, -0.2) is 13.2 Å². The number of carbonyl (C=O) groups is 2. The van der Waals surface area contributed by atoms with Crippen LogP contribution in [-0.4, -0.2) is 24.9 Å². The van der Waals surface area contributed by atoms with E-state index >= 15 is 0 Å². The molecule has 1 aromatic heterocycles. The zero-order valence-corrected chi connectivity index (χ0v) is 12.5. The highest BCUT2D eigenvalue weighted by atomic mass is 35.7. The molecule has 21 heavy (non-hydrogen) atoms. The zero-order valence-electron chi connectivity index (χ0n) is 11.0. The van der Waals surface area contributed by atoms with Crippen LogP contribution in [0.3, 0.4) is 0 Å². The number of primary amides is 1. The first-order chi connectivity index (χ1) is 9.71. The van der Waals surface area contributed by atoms with E-state index < -0.39 is 21.0 Å². The minimum atomic E-state index is -3.97. The van der Waals surface area contributed by atoms with Crippen LogP contribution in [0.1, 0.15) is 5.69 Å². The molecule has 2 rings (SSSR count). The van der Waals surface area contributed by atoms with Crippen molar-refractivity contribution in [1.82, 2.24) is 9.88 Å². The van der Waals surface area contributed by atoms with Crippen LogP contribution in [0, 0.1) is 6.92 Å². The van der Waals surface area contributed by atoms with E-state index in [2.05, 4.69) is 0 Å². The quantitative estimate of drug-likeness (QED) is 0.820. The van der Waals surface area contributed by atoms with Gasteiger partial charge in [-0.1, -0.05) is 18.2 Å². The van der Waals surface area contributed by atoms with E-state index in [-0.39, 0.29) is 11.4 Å². The largest absolute Gasteiger partial charge is 0.351 e. The molecule has 7 nitrogen and oxygen atoms in total. The second kappa shape index (κ2) is 5.38. The predicted molar refractivity (Wildman–Crippen MR) is 77.4 cm³/mol. The highest BCUT2D eigenvalue weighted by Gasteiger charge is 2.24. The fourth-order valence-corrected chi connectivity index (χ4v) is 3.71. The van der Waals surface area contributed by atoms with Crippen molar-refractivity contribution >= 4 is 42.6 Å². The number of nitrogens with one attached hydrogen (secondary N) is 1. The Hall–Kier alpha value is -2.06. The van der Waals surface area contributed by atoms with Crippen LogP contribution < -0.4 is 11.1 Å². The van der Waals surface area contributed by atoms with E-state index in [1.54, 1.807) is 24.3 Å². The Morgan fingerprint density at radius 1 is 1.33 bits per heavy atom. The Kier molecular flexibility index (Phi) is 3.93. The van der Waals surface area contributed by atoms with Gasteiger partial charge >= 0.3 is 6.03 Å². The van der Waals surface area contributed by atoms with Gasteiger partial charge in [-0.05, 0) is 13.0 Å². The molecule has 0 bridgehead atoms. The number of nitrogens with two attached hydrogens (primary N) is 1. The summed E-state index contributed by atoms with van der Waals surface area (Å²) in [6, 6.07) is 5.65. The first-order valence-corrected chi connectivity index (χ1v) is 8.14. The van der Waals surface area contributed by atoms with Gasteiger partial charge in [0.2, 0.25) is 5.91 Å². The number of rotatable bonds is 3. The number of imide groups is 1. The maximum atomic E-state index is 11.7. The fourth-order valence-electron chi connectivity index (χ4n) is 2.23. The van der Waals surface area contributed by atoms with Gasteiger partial charge in [-0.2, -0.15) is 0 Å². The molecule has 0 atom stereocenters. The van der Waals surface area contributed by atoms with Gasteiger partial charge in [0.25, 0.3) is 9.05 Å². The average molecular weight is 330 g/mol. The maximum Gasteiger partial charge on any atom is 0.318 e. The van der Waals surface area contributed by atoms with Crippen molar-refractivity contribution in [3.63, 3.8) is 0 Å². The molecule has 9 heteroatoms. The van der Waals surface area contributed by atoms with Crippen molar-refractivity contribution < 1.29 is 18.0 Å². The van der Waals surface area contributed by atoms with Gasteiger partial charge in [-0.3, -0.25) is 10.1 Å². The second-order valence-corrected chi connectivity index (χ2v) is 6.87. The molecule has 0 spiro atoms. The summed E-state index contributed by atoms with van der Waals surface area (Å²) < 4.78 is 24.9. The highest BCUT2D eigenvalue weighted by Crippen LogP contribution is 2.31. The lowest BCUT2D eigenvalue weighted by atomic mass is 10.2. The molecular weight excluding hydrogens is 318 g/mol. The summed E-state index contributed by atoms with van der Waals surface area (Å²) in [6.07, 6.45) is 0. The van der Waals surface area contributed by atoms with E-state index in [9.17, 15) is 18.0 Å². The van der Waals surface area contributed by atoms with E-state index in [1.807, 2.05) is 5.32 Å². The van der Waals surface area contributed by atoms with Crippen molar-refractivity contribution in [2.45, 2.75) is 18.4 Å². The summed E-state index contributed by atoms with van der Waals surface area (Å²) in [5.74, 6) is -0.648. The number of amides is 3. The summed E-state index contributed by atoms with van der Waals surface area (Å²) in [7, 11) is 1.49. The molecule has 0 saturated heterocycles. The van der Waals surface area contributed by atoms with Crippen molar-refractivity contribution in [1.29, 1.82) is 0 Å². The van der Waals surface area contributed by atoms with Crippen molar-refractivity contribution in [3.05, 3.63) is 30.0 Å². The van der Waals surface area contributed by atoms with Crippen LogP contribution in [-0.2, 0) is 20.4 Å². The third-order valence-corrected chi connectivity index (χ3v) is 4.45. The summed E-state index contributed by atoms with van der Waals surface area (Å²) in [5.41, 5.74) is 5.71. The summed E-state index contributed by atoms with van der Waals surface area (Å²) in [5, 5.41) is 2.34. The lowest BCUT2D eigenvalue weighted by molar-refractivity contribution is -0.120. The van der Waals surface area contributed by atoms with Crippen LogP contribution in [0.5, 0.6) is 0 Å². The molecule has 0 fully saturated rings. The number of aromatic nitrogens is 1. The van der Waals surface area contributed by atoms with Crippen LogP contribution in [0.15, 0.2) is 29.2 Å². The molecule has 112 valence electrons. The SMILES string of the molecule is Cc1c(S(=O)(=O)Cl)c2ccccc2n1CC(=O)NC(N)=O. The molecule has 1 aromatic carbocycles. The van der Waals surface area contributed by atoms with Gasteiger partial charge in [0.1, 0.15) is 11.4 Å². The third kappa shape index (κ3) is 3.01. The minimum absolute atomic E-state index is 0.0494. The molecule has 0 radical (unpaired) electrons. The normalized spacial score (nSPS) is 11.5. The first kappa shape index (κ1) is 15.3. The Labute approximate surface area is 125 Å². The predicted octanol–water partition coefficient (Wildman–Crippen LogP) is 1.07. The molecule has 0 aliphatic rings. The summed E-state index contributed by atoms with van der Waals surface area (Å²) in [4.78, 5) is 22.3. The molecule has 0 aliphatic heterocycles. The van der Waals surface area contributed by atoms with Crippen LogP contribution in [0.2, 0.25) is 0 Å². The number of fused-ring (bicyclic) bond motifs is 1.